The molecule has 1 amide bonds. The first kappa shape index (κ1) is 22.7. The van der Waals surface area contributed by atoms with Crippen molar-refractivity contribution in [2.45, 2.75) is 18.1 Å². The van der Waals surface area contributed by atoms with E-state index in [2.05, 4.69) is 22.6 Å². The number of carboxylic acid groups (broad SMARTS) is 1. The second-order valence-corrected chi connectivity index (χ2v) is 8.40. The lowest BCUT2D eigenvalue weighted by Gasteiger charge is -2.31. The zero-order valence-electron chi connectivity index (χ0n) is 17.9. The Bertz CT molecular complexity index is 1060. The number of rotatable bonds is 7. The number of nitrogens with one attached hydrogen (secondary N) is 1. The number of thiol groups is 1. The summed E-state index contributed by atoms with van der Waals surface area (Å²) in [5.41, 5.74) is 1.18. The fraction of sp³-hybridized carbons (Fsp3) is 0.292. The smallest absolute Gasteiger partial charge is 0.415 e. The minimum atomic E-state index is -0.962. The zero-order valence-corrected chi connectivity index (χ0v) is 18.8. The molecule has 2 N–H and O–H groups in total. The number of aromatic nitrogens is 2. The summed E-state index contributed by atoms with van der Waals surface area (Å²) in [6.45, 7) is 1.72. The third-order valence-corrected chi connectivity index (χ3v) is 6.18. The van der Waals surface area contributed by atoms with E-state index in [1.807, 2.05) is 12.1 Å². The number of nitrogens with zero attached hydrogens (tertiary/aromatic N) is 2. The number of benzene rings is 2. The number of ether oxygens (including phenoxy) is 2. The van der Waals surface area contributed by atoms with Crippen LogP contribution < -0.4 is 9.47 Å². The maximum absolute atomic E-state index is 12.5. The van der Waals surface area contributed by atoms with E-state index in [9.17, 15) is 9.59 Å². The van der Waals surface area contributed by atoms with Gasteiger partial charge in [-0.05, 0) is 60.7 Å². The van der Waals surface area contributed by atoms with Crippen LogP contribution in [0, 0.1) is 5.92 Å². The molecule has 1 aromatic heterocycles. The van der Waals surface area contributed by atoms with Crippen molar-refractivity contribution >= 4 is 24.7 Å². The highest BCUT2D eigenvalue weighted by Gasteiger charge is 2.25. The Morgan fingerprint density at radius 2 is 1.76 bits per heavy atom. The number of likely N-dealkylation sites (tertiary alicyclic amines) is 1. The highest BCUT2D eigenvalue weighted by molar-refractivity contribution is 7.80. The van der Waals surface area contributed by atoms with Crippen LogP contribution in [-0.2, 0) is 0 Å². The van der Waals surface area contributed by atoms with Crippen LogP contribution in [0.2, 0.25) is 0 Å². The van der Waals surface area contributed by atoms with Crippen molar-refractivity contribution in [3.63, 3.8) is 0 Å². The molecule has 1 aliphatic heterocycles. The van der Waals surface area contributed by atoms with Gasteiger partial charge >= 0.3 is 12.1 Å². The van der Waals surface area contributed by atoms with E-state index < -0.39 is 5.97 Å². The molecule has 0 saturated carbocycles. The van der Waals surface area contributed by atoms with Crippen molar-refractivity contribution in [3.8, 4) is 11.5 Å². The summed E-state index contributed by atoms with van der Waals surface area (Å²) >= 11 is 4.58. The van der Waals surface area contributed by atoms with Crippen molar-refractivity contribution in [3.05, 3.63) is 77.9 Å². The number of imidazole rings is 1. The summed E-state index contributed by atoms with van der Waals surface area (Å²) in [7, 11) is 0. The predicted molar refractivity (Wildman–Crippen MR) is 125 cm³/mol. The van der Waals surface area contributed by atoms with Crippen molar-refractivity contribution in [1.29, 1.82) is 0 Å². The number of carbonyl (C=O) groups excluding carboxylic acids is 1. The number of carbonyl (C=O) groups is 2. The van der Waals surface area contributed by atoms with Gasteiger partial charge in [0.15, 0.2) is 0 Å². The molecule has 3 aromatic rings. The average Bonchev–Trinajstić information content (AvgIpc) is 3.38. The van der Waals surface area contributed by atoms with Crippen LogP contribution in [-0.4, -0.2) is 51.7 Å². The number of carboxylic acids is 1. The Hall–Kier alpha value is -3.46. The van der Waals surface area contributed by atoms with Gasteiger partial charge in [-0.2, -0.15) is 12.6 Å². The number of hydrogen-bond acceptors (Lipinski definition) is 6. The minimum Gasteiger partial charge on any atom is -0.493 e. The van der Waals surface area contributed by atoms with Crippen LogP contribution in [0.1, 0.15) is 39.8 Å². The molecule has 8 nitrogen and oxygen atoms in total. The monoisotopic (exact) mass is 467 g/mol. The number of H-pyrrole nitrogens is 1. The van der Waals surface area contributed by atoms with Crippen LogP contribution in [0.15, 0.2) is 60.9 Å². The van der Waals surface area contributed by atoms with Gasteiger partial charge in [-0.3, -0.25) is 0 Å². The Morgan fingerprint density at radius 1 is 1.09 bits per heavy atom. The van der Waals surface area contributed by atoms with Gasteiger partial charge in [-0.15, -0.1) is 0 Å². The van der Waals surface area contributed by atoms with Crippen LogP contribution in [0.4, 0.5) is 4.79 Å². The van der Waals surface area contributed by atoms with Gasteiger partial charge in [-0.25, -0.2) is 14.6 Å². The average molecular weight is 468 g/mol. The fourth-order valence-corrected chi connectivity index (χ4v) is 3.97. The van der Waals surface area contributed by atoms with Crippen molar-refractivity contribution < 1.29 is 24.2 Å². The summed E-state index contributed by atoms with van der Waals surface area (Å²) in [6.07, 6.45) is 4.70. The molecule has 1 saturated heterocycles. The van der Waals surface area contributed by atoms with Crippen molar-refractivity contribution in [2.75, 3.05) is 19.7 Å². The maximum Gasteiger partial charge on any atom is 0.415 e. The van der Waals surface area contributed by atoms with Gasteiger partial charge in [0.05, 0.1) is 17.4 Å². The number of hydrogen-bond donors (Lipinski definition) is 3. The SMILES string of the molecule is O=C(O)c1ccc(OCC2CCN(C(=O)Oc3ccc(C(S)c4ncc[nH]4)cc3)CC2)cc1. The second-order valence-electron chi connectivity index (χ2n) is 7.88. The quantitative estimate of drug-likeness (QED) is 0.445. The third kappa shape index (κ3) is 5.87. The Balaban J connectivity index is 1.22. The topological polar surface area (TPSA) is 105 Å². The number of aromatic amines is 1. The molecule has 2 heterocycles. The Labute approximate surface area is 197 Å². The first-order chi connectivity index (χ1) is 16.0. The van der Waals surface area contributed by atoms with Crippen LogP contribution in [0.25, 0.3) is 0 Å². The summed E-state index contributed by atoms with van der Waals surface area (Å²) in [6, 6.07) is 13.6. The minimum absolute atomic E-state index is 0.180. The molecule has 1 fully saturated rings. The van der Waals surface area contributed by atoms with Gasteiger partial charge in [0.1, 0.15) is 17.3 Å². The van der Waals surface area contributed by atoms with Gasteiger partial charge in [0.25, 0.3) is 0 Å². The molecule has 172 valence electrons. The normalized spacial score (nSPS) is 15.1. The molecule has 33 heavy (non-hydrogen) atoms. The second kappa shape index (κ2) is 10.4. The largest absolute Gasteiger partial charge is 0.493 e. The van der Waals surface area contributed by atoms with E-state index >= 15 is 0 Å². The highest BCUT2D eigenvalue weighted by atomic mass is 32.1. The standard InChI is InChI=1S/C24H25N3O5S/c28-23(29)18-3-5-19(6-4-18)31-15-16-9-13-27(14-10-16)24(30)32-20-7-1-17(2-8-20)21(33)22-25-11-12-26-22/h1-8,11-12,16,21,33H,9-10,13-15H2,(H,25,26)(H,28,29). The molecule has 0 spiro atoms. The number of amides is 1. The van der Waals surface area contributed by atoms with Gasteiger partial charge in [-0.1, -0.05) is 12.1 Å². The van der Waals surface area contributed by atoms with E-state index in [1.165, 1.54) is 12.1 Å². The molecular formula is C24H25N3O5S. The lowest BCUT2D eigenvalue weighted by Crippen LogP contribution is -2.41. The molecule has 2 aromatic carbocycles. The summed E-state index contributed by atoms with van der Waals surface area (Å²) in [5.74, 6) is 1.24. The van der Waals surface area contributed by atoms with Gasteiger partial charge in [0.2, 0.25) is 0 Å². The summed E-state index contributed by atoms with van der Waals surface area (Å²) in [5, 5.41) is 8.77. The molecule has 9 heteroatoms. The summed E-state index contributed by atoms with van der Waals surface area (Å²) in [4.78, 5) is 32.4. The predicted octanol–water partition coefficient (Wildman–Crippen LogP) is 4.42. The molecular weight excluding hydrogens is 442 g/mol. The Kier molecular flexibility index (Phi) is 7.19. The molecule has 1 unspecified atom stereocenters. The lowest BCUT2D eigenvalue weighted by molar-refractivity contribution is 0.0696. The molecule has 1 aliphatic rings. The van der Waals surface area contributed by atoms with Crippen molar-refractivity contribution in [2.24, 2.45) is 5.92 Å². The molecule has 1 atom stereocenters. The fourth-order valence-electron chi connectivity index (χ4n) is 3.66. The van der Waals surface area contributed by atoms with E-state index in [0.29, 0.717) is 37.1 Å². The maximum atomic E-state index is 12.5. The lowest BCUT2D eigenvalue weighted by atomic mass is 9.98. The summed E-state index contributed by atoms with van der Waals surface area (Å²) < 4.78 is 11.3. The van der Waals surface area contributed by atoms with Crippen LogP contribution in [0.3, 0.4) is 0 Å². The zero-order chi connectivity index (χ0) is 23.2. The Morgan fingerprint density at radius 3 is 2.36 bits per heavy atom. The van der Waals surface area contributed by atoms with E-state index in [0.717, 1.165) is 24.2 Å². The highest BCUT2D eigenvalue weighted by Crippen LogP contribution is 2.27. The van der Waals surface area contributed by atoms with Crippen LogP contribution >= 0.6 is 12.6 Å². The van der Waals surface area contributed by atoms with Crippen LogP contribution in [0.5, 0.6) is 11.5 Å². The molecule has 4 rings (SSSR count). The molecule has 0 bridgehead atoms. The van der Waals surface area contributed by atoms with Gasteiger partial charge < -0.3 is 24.5 Å². The third-order valence-electron chi connectivity index (χ3n) is 5.64. The number of aromatic carboxylic acids is 1. The van der Waals surface area contributed by atoms with Crippen molar-refractivity contribution in [1.82, 2.24) is 14.9 Å². The number of piperidine rings is 1. The van der Waals surface area contributed by atoms with E-state index in [4.69, 9.17) is 14.6 Å². The molecule has 0 aliphatic carbocycles. The van der Waals surface area contributed by atoms with Gasteiger partial charge in [0, 0.05) is 25.5 Å². The van der Waals surface area contributed by atoms with E-state index in [-0.39, 0.29) is 16.9 Å². The van der Waals surface area contributed by atoms with E-state index in [1.54, 1.807) is 41.6 Å². The first-order valence-electron chi connectivity index (χ1n) is 10.7. The first-order valence-corrected chi connectivity index (χ1v) is 11.2. The molecule has 0 radical (unpaired) electrons.